The molecule has 2 heterocycles. The molecule has 0 atom stereocenters. The molecule has 1 aromatic heterocycles. The molecular weight excluding hydrogens is 369 g/mol. The van der Waals surface area contributed by atoms with Crippen molar-refractivity contribution in [1.82, 2.24) is 19.7 Å². The van der Waals surface area contributed by atoms with Crippen LogP contribution in [0.5, 0.6) is 0 Å². The highest BCUT2D eigenvalue weighted by Crippen LogP contribution is 2.23. The number of nitrogens with zero attached hydrogens (tertiary/aromatic N) is 5. The van der Waals surface area contributed by atoms with Crippen molar-refractivity contribution in [3.63, 3.8) is 0 Å². The summed E-state index contributed by atoms with van der Waals surface area (Å²) < 4.78 is 21.2. The second kappa shape index (κ2) is 9.18. The van der Waals surface area contributed by atoms with Gasteiger partial charge in [-0.1, -0.05) is 30.0 Å². The van der Waals surface area contributed by atoms with E-state index in [1.54, 1.807) is 25.2 Å². The van der Waals surface area contributed by atoms with E-state index in [0.29, 0.717) is 23.9 Å². The highest BCUT2D eigenvalue weighted by molar-refractivity contribution is 7.99. The lowest BCUT2D eigenvalue weighted by Crippen LogP contribution is -2.38. The Bertz CT molecular complexity index is 779. The minimum absolute atomic E-state index is 0.0816. The molecule has 2 aromatic rings. The highest BCUT2D eigenvalue weighted by Gasteiger charge is 2.21. The first-order valence-electron chi connectivity index (χ1n) is 8.96. The molecule has 0 N–H and O–H groups in total. The molecule has 0 spiro atoms. The van der Waals surface area contributed by atoms with Crippen molar-refractivity contribution in [1.29, 1.82) is 0 Å². The van der Waals surface area contributed by atoms with Gasteiger partial charge in [-0.2, -0.15) is 0 Å². The number of carbonyl (C=O) groups excluding carboxylic acids is 1. The average Bonchev–Trinajstić information content (AvgIpc) is 3.11. The Morgan fingerprint density at radius 3 is 2.74 bits per heavy atom. The zero-order chi connectivity index (χ0) is 19.2. The summed E-state index contributed by atoms with van der Waals surface area (Å²) in [5.41, 5.74) is 0.504. The Morgan fingerprint density at radius 2 is 2.04 bits per heavy atom. The summed E-state index contributed by atoms with van der Waals surface area (Å²) in [4.78, 5) is 16.1. The summed E-state index contributed by atoms with van der Waals surface area (Å²) in [5.74, 6) is 0.662. The minimum atomic E-state index is -0.300. The molecule has 0 unspecified atom stereocenters. The molecule has 7 nitrogen and oxygen atoms in total. The number of hydrogen-bond acceptors (Lipinski definition) is 6. The van der Waals surface area contributed by atoms with Crippen molar-refractivity contribution >= 4 is 23.6 Å². The third-order valence-electron chi connectivity index (χ3n) is 4.42. The second-order valence-electron chi connectivity index (χ2n) is 6.26. The number of halogens is 1. The molecule has 9 heteroatoms. The summed E-state index contributed by atoms with van der Waals surface area (Å²) in [6.45, 7) is 5.92. The topological polar surface area (TPSA) is 63.5 Å². The van der Waals surface area contributed by atoms with Crippen LogP contribution in [-0.4, -0.2) is 64.7 Å². The van der Waals surface area contributed by atoms with E-state index >= 15 is 0 Å². The van der Waals surface area contributed by atoms with Crippen molar-refractivity contribution < 1.29 is 13.9 Å². The molecule has 0 radical (unpaired) electrons. The number of thioether (sulfide) groups is 1. The Kier molecular flexibility index (Phi) is 6.68. The lowest BCUT2D eigenvalue weighted by molar-refractivity contribution is -0.127. The molecule has 27 heavy (non-hydrogen) atoms. The van der Waals surface area contributed by atoms with Crippen molar-refractivity contribution in [2.45, 2.75) is 25.2 Å². The Balaban J connectivity index is 1.60. The van der Waals surface area contributed by atoms with Gasteiger partial charge in [0.1, 0.15) is 5.82 Å². The first-order valence-corrected chi connectivity index (χ1v) is 9.94. The molecule has 3 rings (SSSR count). The van der Waals surface area contributed by atoms with Crippen molar-refractivity contribution in [2.24, 2.45) is 0 Å². The van der Waals surface area contributed by atoms with Crippen LogP contribution in [0.4, 0.5) is 10.3 Å². The molecule has 0 bridgehead atoms. The first-order chi connectivity index (χ1) is 13.1. The van der Waals surface area contributed by atoms with Crippen molar-refractivity contribution in [3.8, 4) is 0 Å². The second-order valence-corrected chi connectivity index (χ2v) is 7.20. The van der Waals surface area contributed by atoms with Crippen LogP contribution in [0.1, 0.15) is 12.5 Å². The fourth-order valence-electron chi connectivity index (χ4n) is 2.87. The molecule has 146 valence electrons. The van der Waals surface area contributed by atoms with Gasteiger partial charge in [-0.3, -0.25) is 9.36 Å². The van der Waals surface area contributed by atoms with Crippen LogP contribution in [0.2, 0.25) is 0 Å². The van der Waals surface area contributed by atoms with E-state index in [-0.39, 0.29) is 24.0 Å². The normalized spacial score (nSPS) is 14.4. The van der Waals surface area contributed by atoms with Crippen LogP contribution in [-0.2, 0) is 22.6 Å². The standard InChI is InChI=1S/C18H24FN5O2S/c1-3-24-17(23-8-10-26-11-9-23)20-21-18(24)27-13-16(25)22(2)12-14-6-4-5-7-15(14)19/h4-7H,3,8-13H2,1-2H3. The number of aromatic nitrogens is 3. The fourth-order valence-corrected chi connectivity index (χ4v) is 3.81. The molecule has 1 saturated heterocycles. The van der Waals surface area contributed by atoms with Crippen LogP contribution in [0.15, 0.2) is 29.4 Å². The third-order valence-corrected chi connectivity index (χ3v) is 5.37. The molecule has 1 aliphatic heterocycles. The van der Waals surface area contributed by atoms with Crippen LogP contribution in [0, 0.1) is 5.82 Å². The predicted octanol–water partition coefficient (Wildman–Crippen LogP) is 2.02. The quantitative estimate of drug-likeness (QED) is 0.671. The SMILES string of the molecule is CCn1c(SCC(=O)N(C)Cc2ccccc2F)nnc1N1CCOCC1. The number of benzene rings is 1. The molecule has 1 aromatic carbocycles. The van der Waals surface area contributed by atoms with Crippen LogP contribution >= 0.6 is 11.8 Å². The first kappa shape index (κ1) is 19.6. The van der Waals surface area contributed by atoms with Gasteiger partial charge in [0.05, 0.1) is 19.0 Å². The van der Waals surface area contributed by atoms with E-state index in [9.17, 15) is 9.18 Å². The van der Waals surface area contributed by atoms with Crippen molar-refractivity contribution in [3.05, 3.63) is 35.6 Å². The van der Waals surface area contributed by atoms with Gasteiger partial charge in [-0.05, 0) is 13.0 Å². The van der Waals surface area contributed by atoms with E-state index < -0.39 is 0 Å². The van der Waals surface area contributed by atoms with Gasteiger partial charge in [0.2, 0.25) is 11.9 Å². The van der Waals surface area contributed by atoms with Gasteiger partial charge < -0.3 is 14.5 Å². The molecular formula is C18H24FN5O2S. The van der Waals surface area contributed by atoms with Crippen LogP contribution in [0.3, 0.4) is 0 Å². The molecule has 0 aliphatic carbocycles. The fraction of sp³-hybridized carbons (Fsp3) is 0.500. The number of amides is 1. The largest absolute Gasteiger partial charge is 0.378 e. The number of ether oxygens (including phenoxy) is 1. The van der Waals surface area contributed by atoms with Gasteiger partial charge in [0.25, 0.3) is 0 Å². The summed E-state index contributed by atoms with van der Waals surface area (Å²) in [6.07, 6.45) is 0. The molecule has 1 amide bonds. The lowest BCUT2D eigenvalue weighted by Gasteiger charge is -2.27. The number of anilines is 1. The third kappa shape index (κ3) is 4.78. The molecule has 0 saturated carbocycles. The van der Waals surface area contributed by atoms with E-state index in [0.717, 1.165) is 25.6 Å². The average molecular weight is 393 g/mol. The summed E-state index contributed by atoms with van der Waals surface area (Å²) in [5, 5.41) is 9.27. The monoisotopic (exact) mass is 393 g/mol. The minimum Gasteiger partial charge on any atom is -0.378 e. The Hall–Kier alpha value is -2.13. The van der Waals surface area contributed by atoms with Gasteiger partial charge in [0, 0.05) is 38.8 Å². The Labute approximate surface area is 162 Å². The van der Waals surface area contributed by atoms with Gasteiger partial charge in [0.15, 0.2) is 5.16 Å². The van der Waals surface area contributed by atoms with Crippen LogP contribution in [0.25, 0.3) is 0 Å². The highest BCUT2D eigenvalue weighted by atomic mass is 32.2. The van der Waals surface area contributed by atoms with Crippen molar-refractivity contribution in [2.75, 3.05) is 44.0 Å². The summed E-state index contributed by atoms with van der Waals surface area (Å²) in [7, 11) is 1.68. The zero-order valence-electron chi connectivity index (χ0n) is 15.6. The number of carbonyl (C=O) groups is 1. The number of hydrogen-bond donors (Lipinski definition) is 0. The number of rotatable bonds is 7. The van der Waals surface area contributed by atoms with E-state index in [2.05, 4.69) is 15.1 Å². The Morgan fingerprint density at radius 1 is 1.30 bits per heavy atom. The lowest BCUT2D eigenvalue weighted by atomic mass is 10.2. The smallest absolute Gasteiger partial charge is 0.233 e. The maximum Gasteiger partial charge on any atom is 0.233 e. The number of morpholine rings is 1. The summed E-state index contributed by atoms with van der Waals surface area (Å²) in [6, 6.07) is 6.50. The maximum absolute atomic E-state index is 13.8. The van der Waals surface area contributed by atoms with E-state index in [4.69, 9.17) is 4.74 Å². The maximum atomic E-state index is 13.8. The summed E-state index contributed by atoms with van der Waals surface area (Å²) >= 11 is 1.35. The van der Waals surface area contributed by atoms with Gasteiger partial charge >= 0.3 is 0 Å². The van der Waals surface area contributed by atoms with Gasteiger partial charge in [-0.25, -0.2) is 4.39 Å². The van der Waals surface area contributed by atoms with Gasteiger partial charge in [-0.15, -0.1) is 10.2 Å². The van der Waals surface area contributed by atoms with Crippen LogP contribution < -0.4 is 4.90 Å². The molecule has 1 fully saturated rings. The van der Waals surface area contributed by atoms with E-state index in [1.807, 2.05) is 11.5 Å². The zero-order valence-corrected chi connectivity index (χ0v) is 16.4. The predicted molar refractivity (Wildman–Crippen MR) is 102 cm³/mol. The van der Waals surface area contributed by atoms with E-state index in [1.165, 1.54) is 22.7 Å². The molecule has 1 aliphatic rings.